The van der Waals surface area contributed by atoms with Crippen molar-refractivity contribution in [1.82, 2.24) is 4.57 Å². The number of phenolic OH excluding ortho intramolecular Hbond substituents is 2. The fourth-order valence-corrected chi connectivity index (χ4v) is 10.4. The Labute approximate surface area is 459 Å². The van der Waals surface area contributed by atoms with Crippen LogP contribution in [0.25, 0.3) is 27.7 Å². The number of nitrogens with zero attached hydrogens (tertiary/aromatic N) is 3. The molecule has 0 bridgehead atoms. The number of fused-ring (bicyclic) bond motifs is 1. The quantitative estimate of drug-likeness (QED) is 0.0735. The van der Waals surface area contributed by atoms with Crippen LogP contribution in [0.5, 0.6) is 11.5 Å². The number of hydrogen-bond donors (Lipinski definition) is 2. The maximum Gasteiger partial charge on any atom is 0.338 e. The molecule has 77 heavy (non-hydrogen) atoms. The molecule has 9 nitrogen and oxygen atoms in total. The van der Waals surface area contributed by atoms with Crippen LogP contribution in [0.4, 0.5) is 5.69 Å². The van der Waals surface area contributed by atoms with Crippen molar-refractivity contribution in [3.05, 3.63) is 178 Å². The van der Waals surface area contributed by atoms with Gasteiger partial charge in [0, 0.05) is 69.6 Å². The molecule has 1 aliphatic carbocycles. The first-order valence-electron chi connectivity index (χ1n) is 27.6. The molecule has 1 heterocycles. The predicted molar refractivity (Wildman–Crippen MR) is 319 cm³/mol. The van der Waals surface area contributed by atoms with Gasteiger partial charge in [0.25, 0.3) is 0 Å². The summed E-state index contributed by atoms with van der Waals surface area (Å²) in [7, 11) is 0. The van der Waals surface area contributed by atoms with Crippen molar-refractivity contribution in [2.75, 3.05) is 44.3 Å². The molecule has 5 aromatic carbocycles. The molecule has 1 aliphatic rings. The highest BCUT2D eigenvalue weighted by Crippen LogP contribution is 2.45. The largest absolute Gasteiger partial charge is 0.507 e. The van der Waals surface area contributed by atoms with Crippen LogP contribution in [0.1, 0.15) is 164 Å². The van der Waals surface area contributed by atoms with Crippen molar-refractivity contribution in [2.24, 2.45) is 0 Å². The molecule has 0 spiro atoms. The summed E-state index contributed by atoms with van der Waals surface area (Å²) in [4.78, 5) is 29.6. The van der Waals surface area contributed by atoms with E-state index in [2.05, 4.69) is 138 Å². The highest BCUT2D eigenvalue weighted by molar-refractivity contribution is 6.08. The smallest absolute Gasteiger partial charge is 0.338 e. The molecule has 0 saturated heterocycles. The molecule has 0 aliphatic heterocycles. The average molecular weight is 1040 g/mol. The number of phenols is 2. The van der Waals surface area contributed by atoms with Crippen LogP contribution in [0.2, 0.25) is 0 Å². The van der Waals surface area contributed by atoms with Gasteiger partial charge in [-0.15, -0.1) is 0 Å². The van der Waals surface area contributed by atoms with E-state index >= 15 is 0 Å². The van der Waals surface area contributed by atoms with Gasteiger partial charge < -0.3 is 29.2 Å². The number of ether oxygens (including phenoxy) is 2. The molecule has 0 amide bonds. The number of hydrogen-bond acceptors (Lipinski definition) is 7. The van der Waals surface area contributed by atoms with Crippen LogP contribution >= 0.6 is 0 Å². The van der Waals surface area contributed by atoms with Gasteiger partial charge in [0.1, 0.15) is 24.7 Å². The predicted octanol–water partition coefficient (Wildman–Crippen LogP) is 15.3. The lowest BCUT2D eigenvalue weighted by Crippen LogP contribution is -2.28. The number of aromatic nitrogens is 1. The Bertz CT molecular complexity index is 3160. The first-order chi connectivity index (χ1) is 36.3. The van der Waals surface area contributed by atoms with Crippen molar-refractivity contribution in [2.45, 2.75) is 138 Å². The number of rotatable bonds is 16. The van der Waals surface area contributed by atoms with E-state index in [0.717, 1.165) is 74.5 Å². The van der Waals surface area contributed by atoms with Crippen molar-refractivity contribution >= 4 is 39.8 Å². The Balaban J connectivity index is 1.22. The minimum absolute atomic E-state index is 0.193. The zero-order valence-electron chi connectivity index (χ0n) is 48.7. The van der Waals surface area contributed by atoms with Gasteiger partial charge in [-0.25, -0.2) is 14.2 Å². The molecule has 6 aromatic rings. The summed E-state index contributed by atoms with van der Waals surface area (Å²) < 4.78 is 16.6. The number of allylic oxidation sites excluding steroid dienone is 5. The highest BCUT2D eigenvalue weighted by atomic mass is 16.5. The number of likely N-dealkylation sites (N-methyl/N-ethyl adjacent to an activating group) is 2. The Morgan fingerprint density at radius 3 is 1.53 bits per heavy atom. The van der Waals surface area contributed by atoms with E-state index in [4.69, 9.17) is 9.47 Å². The van der Waals surface area contributed by atoms with Gasteiger partial charge in [0.05, 0.1) is 23.4 Å². The monoisotopic (exact) mass is 1040 g/mol. The van der Waals surface area contributed by atoms with Crippen LogP contribution in [0, 0.1) is 0 Å². The lowest BCUT2D eigenvalue weighted by molar-refractivity contribution is -0.524. The standard InChI is InChI=1S/C68H83N3O6/c1-16-36-71-57-27-23-22-26-52(57)59(60(71)47-24-20-19-21-25-47)58(45-28-32-50(33-29-45)69(17-2)37-39-76-63(74)48-41-53(65(4,5)6)61(72)54(42-48)66(7,8)9)46-30-34-51(35-31-46)70(18-3)38-40-77-64(75)49-43-55(67(10,11)12)62(73)56(44-49)68(13,14)15/h19-35,41-44H,16-18,36-40H2,1-15H3,(H-,72,73,74,75)/p+1. The van der Waals surface area contributed by atoms with Crippen LogP contribution in [0.15, 0.2) is 133 Å². The zero-order valence-corrected chi connectivity index (χ0v) is 48.7. The second-order valence-corrected chi connectivity index (χ2v) is 24.5. The summed E-state index contributed by atoms with van der Waals surface area (Å²) in [5.74, 6) is -0.351. The third-order valence-corrected chi connectivity index (χ3v) is 14.6. The Morgan fingerprint density at radius 1 is 0.584 bits per heavy atom. The van der Waals surface area contributed by atoms with Crippen LogP contribution in [0.3, 0.4) is 0 Å². The second-order valence-electron chi connectivity index (χ2n) is 24.5. The average Bonchev–Trinajstić information content (AvgIpc) is 3.74. The number of esters is 2. The molecule has 2 N–H and O–H groups in total. The summed E-state index contributed by atoms with van der Waals surface area (Å²) in [6.07, 6.45) is 9.72. The minimum atomic E-state index is -0.408. The van der Waals surface area contributed by atoms with Crippen LogP contribution in [-0.2, 0) is 37.7 Å². The van der Waals surface area contributed by atoms with Crippen molar-refractivity contribution in [3.8, 4) is 22.8 Å². The van der Waals surface area contributed by atoms with E-state index in [1.807, 2.05) is 83.1 Å². The number of anilines is 1. The molecular weight excluding hydrogens is 955 g/mol. The number of carbonyl (C=O) groups is 2. The molecular formula is C68H84N3O6+. The highest BCUT2D eigenvalue weighted by Gasteiger charge is 2.31. The zero-order chi connectivity index (χ0) is 56.2. The summed E-state index contributed by atoms with van der Waals surface area (Å²) in [5, 5.41) is 23.7. The van der Waals surface area contributed by atoms with Crippen LogP contribution < -0.4 is 4.90 Å². The minimum Gasteiger partial charge on any atom is -0.507 e. The van der Waals surface area contributed by atoms with Crippen LogP contribution in [-0.4, -0.2) is 76.4 Å². The topological polar surface area (TPSA) is 104 Å². The van der Waals surface area contributed by atoms with Gasteiger partial charge in [0.15, 0.2) is 18.9 Å². The number of benzene rings is 5. The summed E-state index contributed by atoms with van der Waals surface area (Å²) in [6, 6.07) is 35.3. The van der Waals surface area contributed by atoms with E-state index in [9.17, 15) is 19.8 Å². The molecule has 406 valence electrons. The molecule has 0 saturated carbocycles. The summed E-state index contributed by atoms with van der Waals surface area (Å²) in [5.41, 5.74) is 12.2. The normalized spacial score (nSPS) is 13.1. The number of carbonyl (C=O) groups excluding carboxylic acids is 2. The maximum atomic E-state index is 13.7. The van der Waals surface area contributed by atoms with Gasteiger partial charge in [-0.3, -0.25) is 0 Å². The molecule has 0 fully saturated rings. The molecule has 0 unspecified atom stereocenters. The van der Waals surface area contributed by atoms with Gasteiger partial charge in [0.2, 0.25) is 0 Å². The van der Waals surface area contributed by atoms with E-state index in [1.54, 1.807) is 24.3 Å². The summed E-state index contributed by atoms with van der Waals surface area (Å²) in [6.45, 7) is 34.5. The van der Waals surface area contributed by atoms with Crippen molar-refractivity contribution < 1.29 is 33.9 Å². The molecule has 0 atom stereocenters. The van der Waals surface area contributed by atoms with E-state index in [-0.39, 0.29) is 46.4 Å². The lowest BCUT2D eigenvalue weighted by Gasteiger charge is -2.28. The third kappa shape index (κ3) is 12.8. The van der Waals surface area contributed by atoms with Gasteiger partial charge in [-0.1, -0.05) is 151 Å². The molecule has 1 aromatic heterocycles. The first kappa shape index (κ1) is 57.6. The van der Waals surface area contributed by atoms with Crippen molar-refractivity contribution in [1.29, 1.82) is 0 Å². The molecule has 7 rings (SSSR count). The first-order valence-corrected chi connectivity index (χ1v) is 27.6. The Hall–Kier alpha value is -7.13. The lowest BCUT2D eigenvalue weighted by atomic mass is 9.78. The number of para-hydroxylation sites is 1. The fraction of sp³-hybridized carbons (Fsp3) is 0.397. The Kier molecular flexibility index (Phi) is 17.4. The second kappa shape index (κ2) is 23.2. The number of aryl methyl sites for hydroxylation is 1. The third-order valence-electron chi connectivity index (χ3n) is 14.6. The van der Waals surface area contributed by atoms with E-state index < -0.39 is 11.9 Å². The number of aromatic hydroxyl groups is 2. The Morgan fingerprint density at radius 2 is 1.06 bits per heavy atom. The summed E-state index contributed by atoms with van der Waals surface area (Å²) >= 11 is 0. The fourth-order valence-electron chi connectivity index (χ4n) is 10.4. The van der Waals surface area contributed by atoms with E-state index in [1.165, 1.54) is 16.6 Å². The van der Waals surface area contributed by atoms with Gasteiger partial charge >= 0.3 is 11.9 Å². The molecule has 9 heteroatoms. The van der Waals surface area contributed by atoms with E-state index in [0.29, 0.717) is 37.3 Å². The van der Waals surface area contributed by atoms with Gasteiger partial charge in [-0.05, 0) is 119 Å². The maximum absolute atomic E-state index is 13.7. The SMILES string of the molecule is CCCn1c(-c2ccccc2)c(C(=C2C=CC(=[N+](CC)CCOC(=O)c3cc(C(C)(C)C)c(O)c(C(C)(C)C)c3)C=C2)c2ccc(N(CC)CCOC(=O)c3cc(C(C)(C)C)c(O)c(C(C)(C)C)c3)cc2)c2ccccc21. The van der Waals surface area contributed by atoms with Gasteiger partial charge in [-0.2, -0.15) is 0 Å². The van der Waals surface area contributed by atoms with Crippen molar-refractivity contribution in [3.63, 3.8) is 0 Å². The molecule has 0 radical (unpaired) electrons.